The van der Waals surface area contributed by atoms with Crippen molar-refractivity contribution in [3.63, 3.8) is 0 Å². The highest BCUT2D eigenvalue weighted by Gasteiger charge is 2.03. The van der Waals surface area contributed by atoms with Gasteiger partial charge in [0.05, 0.1) is 0 Å². The van der Waals surface area contributed by atoms with E-state index in [9.17, 15) is 0 Å². The summed E-state index contributed by atoms with van der Waals surface area (Å²) in [5, 5.41) is 0. The SMILES string of the molecule is CCCCCCCCCSCc1ccccc1C(N)=S. The number of unbranched alkanes of at least 4 members (excludes halogenated alkanes) is 6. The molecule has 1 rings (SSSR count). The van der Waals surface area contributed by atoms with Gasteiger partial charge in [0.2, 0.25) is 0 Å². The molecular weight excluding hydrogens is 282 g/mol. The molecule has 0 heterocycles. The summed E-state index contributed by atoms with van der Waals surface area (Å²) >= 11 is 7.08. The minimum Gasteiger partial charge on any atom is -0.389 e. The standard InChI is InChI=1S/C17H27NS2/c1-2-3-4-5-6-7-10-13-20-14-15-11-8-9-12-16(15)17(18)19/h8-9,11-12H,2-7,10,13-14H2,1H3,(H2,18,19). The van der Waals surface area contributed by atoms with Gasteiger partial charge in [0.1, 0.15) is 4.99 Å². The fourth-order valence-corrected chi connectivity index (χ4v) is 3.45. The van der Waals surface area contributed by atoms with E-state index < -0.39 is 0 Å². The monoisotopic (exact) mass is 309 g/mol. The minimum atomic E-state index is 0.511. The highest BCUT2D eigenvalue weighted by molar-refractivity contribution is 7.98. The number of nitrogens with two attached hydrogens (primary N) is 1. The summed E-state index contributed by atoms with van der Waals surface area (Å²) in [7, 11) is 0. The van der Waals surface area contributed by atoms with Crippen LogP contribution in [-0.2, 0) is 5.75 Å². The highest BCUT2D eigenvalue weighted by atomic mass is 32.2. The summed E-state index contributed by atoms with van der Waals surface area (Å²) in [5.41, 5.74) is 8.05. The van der Waals surface area contributed by atoms with E-state index in [0.717, 1.165) is 11.3 Å². The molecule has 0 aliphatic rings. The first kappa shape index (κ1) is 17.5. The van der Waals surface area contributed by atoms with E-state index in [2.05, 4.69) is 19.1 Å². The van der Waals surface area contributed by atoms with Crippen LogP contribution in [0.2, 0.25) is 0 Å². The Labute approximate surface area is 133 Å². The second-order valence-electron chi connectivity index (χ2n) is 5.20. The summed E-state index contributed by atoms with van der Waals surface area (Å²) < 4.78 is 0. The number of hydrogen-bond donors (Lipinski definition) is 1. The third kappa shape index (κ3) is 7.30. The first-order valence-corrected chi connectivity index (χ1v) is 9.27. The van der Waals surface area contributed by atoms with Gasteiger partial charge in [-0.25, -0.2) is 0 Å². The Bertz CT molecular complexity index is 390. The van der Waals surface area contributed by atoms with Crippen molar-refractivity contribution in [3.8, 4) is 0 Å². The molecule has 0 saturated carbocycles. The Morgan fingerprint density at radius 1 is 1.05 bits per heavy atom. The maximum atomic E-state index is 5.75. The van der Waals surface area contributed by atoms with Crippen molar-refractivity contribution >= 4 is 29.0 Å². The van der Waals surface area contributed by atoms with Crippen molar-refractivity contribution in [2.45, 2.75) is 57.6 Å². The molecule has 0 radical (unpaired) electrons. The molecule has 0 fully saturated rings. The smallest absolute Gasteiger partial charge is 0.104 e. The maximum Gasteiger partial charge on any atom is 0.104 e. The summed E-state index contributed by atoms with van der Waals surface area (Å²) in [6.07, 6.45) is 9.63. The average molecular weight is 310 g/mol. The topological polar surface area (TPSA) is 26.0 Å². The second-order valence-corrected chi connectivity index (χ2v) is 6.74. The molecular formula is C17H27NS2. The molecule has 0 atom stereocenters. The molecule has 2 N–H and O–H groups in total. The van der Waals surface area contributed by atoms with Crippen LogP contribution in [0.15, 0.2) is 24.3 Å². The molecule has 0 aromatic heterocycles. The average Bonchev–Trinajstić information content (AvgIpc) is 2.46. The normalized spacial score (nSPS) is 10.7. The molecule has 0 amide bonds. The number of rotatable bonds is 11. The van der Waals surface area contributed by atoms with E-state index >= 15 is 0 Å². The van der Waals surface area contributed by atoms with Gasteiger partial charge in [0.25, 0.3) is 0 Å². The zero-order chi connectivity index (χ0) is 14.6. The van der Waals surface area contributed by atoms with Gasteiger partial charge in [-0.05, 0) is 17.7 Å². The van der Waals surface area contributed by atoms with Crippen LogP contribution >= 0.6 is 24.0 Å². The molecule has 1 aromatic carbocycles. The van der Waals surface area contributed by atoms with Crippen molar-refractivity contribution in [1.82, 2.24) is 0 Å². The van der Waals surface area contributed by atoms with Gasteiger partial charge in [0, 0.05) is 11.3 Å². The van der Waals surface area contributed by atoms with E-state index in [1.807, 2.05) is 23.9 Å². The molecule has 112 valence electrons. The second kappa shape index (κ2) is 11.2. The van der Waals surface area contributed by atoms with Gasteiger partial charge in [-0.2, -0.15) is 11.8 Å². The molecule has 0 unspecified atom stereocenters. The Morgan fingerprint density at radius 3 is 2.40 bits per heavy atom. The molecule has 0 bridgehead atoms. The molecule has 0 aliphatic carbocycles. The number of hydrogen-bond acceptors (Lipinski definition) is 2. The quantitative estimate of drug-likeness (QED) is 0.443. The van der Waals surface area contributed by atoms with Crippen molar-refractivity contribution in [3.05, 3.63) is 35.4 Å². The van der Waals surface area contributed by atoms with E-state index in [-0.39, 0.29) is 0 Å². The predicted octanol–water partition coefficient (Wildman–Crippen LogP) is 5.30. The fraction of sp³-hybridized carbons (Fsp3) is 0.588. The van der Waals surface area contributed by atoms with Crippen molar-refractivity contribution in [2.75, 3.05) is 5.75 Å². The van der Waals surface area contributed by atoms with Gasteiger partial charge in [0.15, 0.2) is 0 Å². The van der Waals surface area contributed by atoms with Crippen molar-refractivity contribution < 1.29 is 0 Å². The first-order chi connectivity index (χ1) is 9.75. The molecule has 1 nitrogen and oxygen atoms in total. The van der Waals surface area contributed by atoms with Crippen molar-refractivity contribution in [1.29, 1.82) is 0 Å². The third-order valence-electron chi connectivity index (χ3n) is 3.43. The summed E-state index contributed by atoms with van der Waals surface area (Å²) in [5.74, 6) is 2.25. The van der Waals surface area contributed by atoms with Gasteiger partial charge >= 0.3 is 0 Å². The minimum absolute atomic E-state index is 0.511. The third-order valence-corrected chi connectivity index (χ3v) is 4.75. The summed E-state index contributed by atoms with van der Waals surface area (Å²) in [6.45, 7) is 2.27. The number of benzene rings is 1. The Kier molecular flexibility index (Phi) is 9.77. The highest BCUT2D eigenvalue weighted by Crippen LogP contribution is 2.18. The Morgan fingerprint density at radius 2 is 1.70 bits per heavy atom. The van der Waals surface area contributed by atoms with Gasteiger partial charge in [-0.15, -0.1) is 0 Å². The molecule has 1 aromatic rings. The molecule has 0 spiro atoms. The Balaban J connectivity index is 2.11. The van der Waals surface area contributed by atoms with Crippen molar-refractivity contribution in [2.24, 2.45) is 5.73 Å². The van der Waals surface area contributed by atoms with Gasteiger partial charge in [-0.1, -0.05) is 81.9 Å². The number of thioether (sulfide) groups is 1. The van der Waals surface area contributed by atoms with Crippen LogP contribution in [0.3, 0.4) is 0 Å². The van der Waals surface area contributed by atoms with Crippen LogP contribution in [0.4, 0.5) is 0 Å². The predicted molar refractivity (Wildman–Crippen MR) is 96.5 cm³/mol. The lowest BCUT2D eigenvalue weighted by Gasteiger charge is -2.07. The fourth-order valence-electron chi connectivity index (χ4n) is 2.23. The molecule has 0 aliphatic heterocycles. The summed E-state index contributed by atoms with van der Waals surface area (Å²) in [6, 6.07) is 8.21. The number of thiocarbonyl (C=S) groups is 1. The van der Waals surface area contributed by atoms with Crippen LogP contribution in [0.1, 0.15) is 63.0 Å². The van der Waals surface area contributed by atoms with Crippen LogP contribution in [-0.4, -0.2) is 10.7 Å². The largest absolute Gasteiger partial charge is 0.389 e. The lowest BCUT2D eigenvalue weighted by atomic mass is 10.1. The van der Waals surface area contributed by atoms with Crippen LogP contribution in [0.25, 0.3) is 0 Å². The van der Waals surface area contributed by atoms with E-state index in [1.165, 1.54) is 56.3 Å². The van der Waals surface area contributed by atoms with Gasteiger partial charge < -0.3 is 5.73 Å². The Hall–Kier alpha value is -0.540. The molecule has 3 heteroatoms. The first-order valence-electron chi connectivity index (χ1n) is 7.71. The van der Waals surface area contributed by atoms with Crippen LogP contribution < -0.4 is 5.73 Å². The zero-order valence-electron chi connectivity index (χ0n) is 12.6. The van der Waals surface area contributed by atoms with Gasteiger partial charge in [-0.3, -0.25) is 0 Å². The maximum absolute atomic E-state index is 5.75. The summed E-state index contributed by atoms with van der Waals surface area (Å²) in [4.78, 5) is 0.511. The lowest BCUT2D eigenvalue weighted by Crippen LogP contribution is -2.11. The lowest BCUT2D eigenvalue weighted by molar-refractivity contribution is 0.603. The molecule has 0 saturated heterocycles. The zero-order valence-corrected chi connectivity index (χ0v) is 14.2. The van der Waals surface area contributed by atoms with Crippen LogP contribution in [0.5, 0.6) is 0 Å². The molecule has 20 heavy (non-hydrogen) atoms. The van der Waals surface area contributed by atoms with E-state index in [4.69, 9.17) is 18.0 Å². The van der Waals surface area contributed by atoms with E-state index in [0.29, 0.717) is 4.99 Å². The van der Waals surface area contributed by atoms with Crippen LogP contribution in [0, 0.1) is 0 Å². The van der Waals surface area contributed by atoms with E-state index in [1.54, 1.807) is 0 Å².